The highest BCUT2D eigenvalue weighted by atomic mass is 16.2. The highest BCUT2D eigenvalue weighted by molar-refractivity contribution is 6.12. The summed E-state index contributed by atoms with van der Waals surface area (Å²) in [6, 6.07) is -1.17. The fraction of sp³-hybridized carbons (Fsp3) is 0.500. The zero-order chi connectivity index (χ0) is 19.7. The molecular formula is C16H22N4O6. The van der Waals surface area contributed by atoms with Gasteiger partial charge in [0.2, 0.25) is 23.6 Å². The maximum absolute atomic E-state index is 12.0. The van der Waals surface area contributed by atoms with Crippen LogP contribution < -0.4 is 16.0 Å². The minimum absolute atomic E-state index is 0.122. The van der Waals surface area contributed by atoms with E-state index in [-0.39, 0.29) is 25.9 Å². The van der Waals surface area contributed by atoms with E-state index in [4.69, 9.17) is 0 Å². The van der Waals surface area contributed by atoms with Gasteiger partial charge in [-0.05, 0) is 6.42 Å². The second kappa shape index (κ2) is 10.1. The van der Waals surface area contributed by atoms with E-state index in [0.717, 1.165) is 11.8 Å². The maximum atomic E-state index is 12.0. The van der Waals surface area contributed by atoms with Gasteiger partial charge in [-0.1, -0.05) is 6.92 Å². The molecule has 1 aliphatic heterocycles. The molecule has 0 aromatic heterocycles. The number of imide groups is 2. The van der Waals surface area contributed by atoms with Gasteiger partial charge in [0, 0.05) is 38.6 Å². The quantitative estimate of drug-likeness (QED) is 0.330. The summed E-state index contributed by atoms with van der Waals surface area (Å²) < 4.78 is 0. The molecule has 10 nitrogen and oxygen atoms in total. The van der Waals surface area contributed by atoms with Crippen molar-refractivity contribution in [3.8, 4) is 0 Å². The number of hydrogen-bond acceptors (Lipinski definition) is 6. The van der Waals surface area contributed by atoms with E-state index < -0.39 is 41.5 Å². The van der Waals surface area contributed by atoms with E-state index in [1.165, 1.54) is 12.2 Å². The molecular weight excluding hydrogens is 344 g/mol. The summed E-state index contributed by atoms with van der Waals surface area (Å²) in [7, 11) is 0. The van der Waals surface area contributed by atoms with Gasteiger partial charge in [-0.2, -0.15) is 0 Å². The molecule has 0 aromatic rings. The van der Waals surface area contributed by atoms with E-state index in [2.05, 4.69) is 10.6 Å². The van der Waals surface area contributed by atoms with Crippen LogP contribution in [-0.4, -0.2) is 59.5 Å². The summed E-state index contributed by atoms with van der Waals surface area (Å²) in [5.74, 6) is -3.11. The van der Waals surface area contributed by atoms with E-state index in [1.54, 1.807) is 6.92 Å². The molecule has 26 heavy (non-hydrogen) atoms. The van der Waals surface area contributed by atoms with Gasteiger partial charge in [-0.15, -0.1) is 0 Å². The first kappa shape index (κ1) is 21.0. The van der Waals surface area contributed by atoms with Gasteiger partial charge in [-0.3, -0.25) is 39.0 Å². The number of rotatable bonds is 9. The van der Waals surface area contributed by atoms with Crippen LogP contribution in [0.4, 0.5) is 0 Å². The predicted octanol–water partition coefficient (Wildman–Crippen LogP) is -1.63. The van der Waals surface area contributed by atoms with Gasteiger partial charge < -0.3 is 10.6 Å². The van der Waals surface area contributed by atoms with Crippen molar-refractivity contribution in [2.24, 2.45) is 0 Å². The van der Waals surface area contributed by atoms with Crippen LogP contribution in [0.25, 0.3) is 0 Å². The van der Waals surface area contributed by atoms with E-state index >= 15 is 0 Å². The van der Waals surface area contributed by atoms with Gasteiger partial charge in [0.25, 0.3) is 11.8 Å². The molecule has 0 aromatic carbocycles. The molecule has 0 aliphatic carbocycles. The zero-order valence-corrected chi connectivity index (χ0v) is 14.7. The molecule has 0 radical (unpaired) electrons. The Morgan fingerprint density at radius 3 is 2.23 bits per heavy atom. The van der Waals surface area contributed by atoms with Crippen molar-refractivity contribution in [2.45, 2.75) is 39.2 Å². The fourth-order valence-corrected chi connectivity index (χ4v) is 2.14. The Labute approximate surface area is 150 Å². The molecule has 0 saturated heterocycles. The summed E-state index contributed by atoms with van der Waals surface area (Å²) in [4.78, 5) is 70.1. The third-order valence-electron chi connectivity index (χ3n) is 3.44. The van der Waals surface area contributed by atoms with E-state index in [1.807, 2.05) is 5.32 Å². The predicted molar refractivity (Wildman–Crippen MR) is 89.1 cm³/mol. The minimum atomic E-state index is -1.17. The van der Waals surface area contributed by atoms with Crippen molar-refractivity contribution >= 4 is 35.4 Å². The third kappa shape index (κ3) is 6.83. The van der Waals surface area contributed by atoms with Crippen LogP contribution in [0.15, 0.2) is 12.2 Å². The van der Waals surface area contributed by atoms with Gasteiger partial charge in [-0.25, -0.2) is 0 Å². The molecule has 6 amide bonds. The molecule has 142 valence electrons. The topological polar surface area (TPSA) is 142 Å². The van der Waals surface area contributed by atoms with Crippen molar-refractivity contribution in [3.63, 3.8) is 0 Å². The molecule has 1 atom stereocenters. The van der Waals surface area contributed by atoms with E-state index in [0.29, 0.717) is 6.42 Å². The van der Waals surface area contributed by atoms with Gasteiger partial charge in [0.15, 0.2) is 0 Å². The smallest absolute Gasteiger partial charge is 0.253 e. The number of carbonyl (C=O) groups excluding carboxylic acids is 6. The molecule has 0 bridgehead atoms. The molecule has 1 rings (SSSR count). The summed E-state index contributed by atoms with van der Waals surface area (Å²) in [6.45, 7) is 3.07. The molecule has 3 N–H and O–H groups in total. The second-order valence-corrected chi connectivity index (χ2v) is 5.59. The fourth-order valence-electron chi connectivity index (χ4n) is 2.14. The lowest BCUT2D eigenvalue weighted by atomic mass is 10.1. The Kier molecular flexibility index (Phi) is 8.13. The van der Waals surface area contributed by atoms with Crippen LogP contribution in [0.2, 0.25) is 0 Å². The number of nitrogens with one attached hydrogen (secondary N) is 3. The summed E-state index contributed by atoms with van der Waals surface area (Å²) in [5.41, 5.74) is 0. The molecule has 1 aliphatic rings. The van der Waals surface area contributed by atoms with E-state index in [9.17, 15) is 28.8 Å². The zero-order valence-electron chi connectivity index (χ0n) is 14.7. The summed E-state index contributed by atoms with van der Waals surface area (Å²) in [6.07, 6.45) is 2.48. The Morgan fingerprint density at radius 2 is 1.69 bits per heavy atom. The molecule has 1 heterocycles. The minimum Gasteiger partial charge on any atom is -0.356 e. The van der Waals surface area contributed by atoms with Crippen molar-refractivity contribution in [2.75, 3.05) is 13.1 Å². The van der Waals surface area contributed by atoms with Crippen LogP contribution in [0.3, 0.4) is 0 Å². The molecule has 0 spiro atoms. The van der Waals surface area contributed by atoms with Crippen molar-refractivity contribution in [3.05, 3.63) is 12.2 Å². The molecule has 0 saturated carbocycles. The first-order chi connectivity index (χ1) is 12.2. The van der Waals surface area contributed by atoms with Crippen LogP contribution in [0.5, 0.6) is 0 Å². The summed E-state index contributed by atoms with van der Waals surface area (Å²) in [5, 5.41) is 6.95. The monoisotopic (exact) mass is 366 g/mol. The standard InChI is InChI=1S/C16H22N4O6/c1-3-12(22)19-11(16(26)18-10(2)21)9-13(23)17-7-4-8-20-14(24)5-6-15(20)25/h5-6,11H,3-4,7-9H2,1-2H3,(H,17,23)(H,19,22)(H,18,21,26). The van der Waals surface area contributed by atoms with Crippen molar-refractivity contribution < 1.29 is 28.8 Å². The van der Waals surface area contributed by atoms with Crippen molar-refractivity contribution in [1.82, 2.24) is 20.9 Å². The first-order valence-corrected chi connectivity index (χ1v) is 8.15. The summed E-state index contributed by atoms with van der Waals surface area (Å²) >= 11 is 0. The van der Waals surface area contributed by atoms with Crippen LogP contribution in [0, 0.1) is 0 Å². The molecule has 0 fully saturated rings. The van der Waals surface area contributed by atoms with Crippen molar-refractivity contribution in [1.29, 1.82) is 0 Å². The normalized spacial score (nSPS) is 14.2. The average molecular weight is 366 g/mol. The second-order valence-electron chi connectivity index (χ2n) is 5.59. The lowest BCUT2D eigenvalue weighted by Crippen LogP contribution is -2.50. The Morgan fingerprint density at radius 1 is 1.08 bits per heavy atom. The number of amides is 6. The van der Waals surface area contributed by atoms with Gasteiger partial charge in [0.1, 0.15) is 6.04 Å². The number of carbonyl (C=O) groups is 6. The van der Waals surface area contributed by atoms with Crippen LogP contribution in [-0.2, 0) is 28.8 Å². The lowest BCUT2D eigenvalue weighted by Gasteiger charge is -2.17. The first-order valence-electron chi connectivity index (χ1n) is 8.15. The molecule has 1 unspecified atom stereocenters. The third-order valence-corrected chi connectivity index (χ3v) is 3.44. The number of nitrogens with zero attached hydrogens (tertiary/aromatic N) is 1. The molecule has 10 heteroatoms. The number of hydrogen-bond donors (Lipinski definition) is 3. The van der Waals surface area contributed by atoms with Crippen LogP contribution >= 0.6 is 0 Å². The largest absolute Gasteiger partial charge is 0.356 e. The van der Waals surface area contributed by atoms with Gasteiger partial charge in [0.05, 0.1) is 6.42 Å². The Hall–Kier alpha value is -3.04. The SMILES string of the molecule is CCC(=O)NC(CC(=O)NCCCN1C(=O)C=CC1=O)C(=O)NC(C)=O. The highest BCUT2D eigenvalue weighted by Gasteiger charge is 2.25. The Bertz CT molecular complexity index is 625. The van der Waals surface area contributed by atoms with Crippen LogP contribution in [0.1, 0.15) is 33.1 Å². The highest BCUT2D eigenvalue weighted by Crippen LogP contribution is 2.03. The Balaban J connectivity index is 2.43. The maximum Gasteiger partial charge on any atom is 0.253 e. The average Bonchev–Trinajstić information content (AvgIpc) is 2.88. The lowest BCUT2D eigenvalue weighted by molar-refractivity contribution is -0.137. The van der Waals surface area contributed by atoms with Gasteiger partial charge >= 0.3 is 0 Å².